The Bertz CT molecular complexity index is 420. The van der Waals surface area contributed by atoms with E-state index in [1.807, 2.05) is 11.8 Å². The standard InChI is InChI=1S/C13H21N3O2/c1-10-8-11(2)16(14-10)12-4-6-15(7-5-12)13(17)9-18-3/h8,12H,4-7,9H2,1-3H3. The molecule has 2 heterocycles. The summed E-state index contributed by atoms with van der Waals surface area (Å²) in [7, 11) is 1.56. The second-order valence-corrected chi connectivity index (χ2v) is 4.92. The van der Waals surface area contributed by atoms with Crippen molar-refractivity contribution in [1.82, 2.24) is 14.7 Å². The molecular weight excluding hydrogens is 230 g/mol. The van der Waals surface area contributed by atoms with Gasteiger partial charge in [0.15, 0.2) is 0 Å². The number of carbonyl (C=O) groups is 1. The summed E-state index contributed by atoms with van der Waals surface area (Å²) in [5, 5.41) is 4.53. The minimum atomic E-state index is 0.0873. The molecule has 5 heteroatoms. The second-order valence-electron chi connectivity index (χ2n) is 4.92. The SMILES string of the molecule is COCC(=O)N1CCC(n2nc(C)cc2C)CC1. The van der Waals surface area contributed by atoms with Crippen molar-refractivity contribution in [3.8, 4) is 0 Å². The summed E-state index contributed by atoms with van der Waals surface area (Å²) in [6.45, 7) is 5.88. The summed E-state index contributed by atoms with van der Waals surface area (Å²) >= 11 is 0. The molecule has 1 aliphatic heterocycles. The van der Waals surface area contributed by atoms with Crippen molar-refractivity contribution in [3.63, 3.8) is 0 Å². The van der Waals surface area contributed by atoms with Crippen LogP contribution < -0.4 is 0 Å². The highest BCUT2D eigenvalue weighted by Crippen LogP contribution is 2.23. The number of nitrogens with zero attached hydrogens (tertiary/aromatic N) is 3. The number of aryl methyl sites for hydroxylation is 2. The third kappa shape index (κ3) is 2.72. The largest absolute Gasteiger partial charge is 0.375 e. The molecule has 0 N–H and O–H groups in total. The van der Waals surface area contributed by atoms with E-state index in [2.05, 4.69) is 22.8 Å². The highest BCUT2D eigenvalue weighted by Gasteiger charge is 2.24. The van der Waals surface area contributed by atoms with Gasteiger partial charge < -0.3 is 9.64 Å². The van der Waals surface area contributed by atoms with Gasteiger partial charge in [-0.2, -0.15) is 5.10 Å². The molecule has 0 aliphatic carbocycles. The highest BCUT2D eigenvalue weighted by atomic mass is 16.5. The number of rotatable bonds is 3. The Balaban J connectivity index is 1.94. The van der Waals surface area contributed by atoms with Crippen molar-refractivity contribution in [2.24, 2.45) is 0 Å². The van der Waals surface area contributed by atoms with Crippen LogP contribution in [0, 0.1) is 13.8 Å². The van der Waals surface area contributed by atoms with Gasteiger partial charge >= 0.3 is 0 Å². The van der Waals surface area contributed by atoms with Gasteiger partial charge in [0.1, 0.15) is 6.61 Å². The Morgan fingerprint density at radius 1 is 1.44 bits per heavy atom. The number of hydrogen-bond acceptors (Lipinski definition) is 3. The first-order valence-corrected chi connectivity index (χ1v) is 6.41. The van der Waals surface area contributed by atoms with Crippen LogP contribution in [0.2, 0.25) is 0 Å². The van der Waals surface area contributed by atoms with Gasteiger partial charge in [-0.3, -0.25) is 9.48 Å². The molecule has 100 valence electrons. The minimum absolute atomic E-state index is 0.0873. The molecule has 0 atom stereocenters. The third-order valence-corrected chi connectivity index (χ3v) is 3.48. The Labute approximate surface area is 108 Å². The molecule has 1 fully saturated rings. The van der Waals surface area contributed by atoms with E-state index in [0.717, 1.165) is 31.6 Å². The quantitative estimate of drug-likeness (QED) is 0.813. The van der Waals surface area contributed by atoms with Crippen LogP contribution in [-0.2, 0) is 9.53 Å². The van der Waals surface area contributed by atoms with Gasteiger partial charge in [-0.1, -0.05) is 0 Å². The molecular formula is C13H21N3O2. The molecule has 5 nitrogen and oxygen atoms in total. The summed E-state index contributed by atoms with van der Waals surface area (Å²) < 4.78 is 6.99. The van der Waals surface area contributed by atoms with Crippen molar-refractivity contribution < 1.29 is 9.53 Å². The zero-order valence-electron chi connectivity index (χ0n) is 11.3. The fourth-order valence-corrected chi connectivity index (χ4v) is 2.59. The summed E-state index contributed by atoms with van der Waals surface area (Å²) in [5.74, 6) is 0.0873. The number of ether oxygens (including phenoxy) is 1. The molecule has 0 bridgehead atoms. The molecule has 0 spiro atoms. The van der Waals surface area contributed by atoms with E-state index in [4.69, 9.17) is 4.74 Å². The Hall–Kier alpha value is -1.36. The van der Waals surface area contributed by atoms with Crippen LogP contribution >= 0.6 is 0 Å². The molecule has 1 saturated heterocycles. The monoisotopic (exact) mass is 251 g/mol. The lowest BCUT2D eigenvalue weighted by Gasteiger charge is -2.32. The number of likely N-dealkylation sites (tertiary alicyclic amines) is 1. The second kappa shape index (κ2) is 5.52. The number of methoxy groups -OCH3 is 1. The summed E-state index contributed by atoms with van der Waals surface area (Å²) in [4.78, 5) is 13.6. The molecule has 18 heavy (non-hydrogen) atoms. The van der Waals surface area contributed by atoms with Crippen LogP contribution in [0.1, 0.15) is 30.3 Å². The maximum absolute atomic E-state index is 11.7. The molecule has 0 unspecified atom stereocenters. The van der Waals surface area contributed by atoms with E-state index in [9.17, 15) is 4.79 Å². The van der Waals surface area contributed by atoms with E-state index in [-0.39, 0.29) is 12.5 Å². The van der Waals surface area contributed by atoms with Crippen LogP contribution in [0.4, 0.5) is 0 Å². The summed E-state index contributed by atoms with van der Waals surface area (Å²) in [6.07, 6.45) is 1.94. The lowest BCUT2D eigenvalue weighted by atomic mass is 10.1. The van der Waals surface area contributed by atoms with Crippen molar-refractivity contribution in [3.05, 3.63) is 17.5 Å². The van der Waals surface area contributed by atoms with Gasteiger partial charge in [-0.25, -0.2) is 0 Å². The molecule has 1 amide bonds. The molecule has 0 saturated carbocycles. The van der Waals surface area contributed by atoms with Crippen LogP contribution in [0.15, 0.2) is 6.07 Å². The number of aromatic nitrogens is 2. The maximum atomic E-state index is 11.7. The maximum Gasteiger partial charge on any atom is 0.248 e. The fraction of sp³-hybridized carbons (Fsp3) is 0.692. The van der Waals surface area contributed by atoms with Crippen LogP contribution in [-0.4, -0.2) is 47.4 Å². The van der Waals surface area contributed by atoms with Gasteiger partial charge in [0.05, 0.1) is 11.7 Å². The third-order valence-electron chi connectivity index (χ3n) is 3.48. The predicted molar refractivity (Wildman–Crippen MR) is 68.4 cm³/mol. The fourth-order valence-electron chi connectivity index (χ4n) is 2.59. The lowest BCUT2D eigenvalue weighted by molar-refractivity contribution is -0.136. The van der Waals surface area contributed by atoms with Crippen molar-refractivity contribution in [1.29, 1.82) is 0 Å². The average Bonchev–Trinajstić information content (AvgIpc) is 2.69. The first kappa shape index (κ1) is 13.1. The molecule has 0 aromatic carbocycles. The minimum Gasteiger partial charge on any atom is -0.375 e. The van der Waals surface area contributed by atoms with Gasteiger partial charge in [-0.15, -0.1) is 0 Å². The van der Waals surface area contributed by atoms with Crippen molar-refractivity contribution in [2.45, 2.75) is 32.7 Å². The Kier molecular flexibility index (Phi) is 4.01. The van der Waals surface area contributed by atoms with E-state index in [1.54, 1.807) is 7.11 Å². The van der Waals surface area contributed by atoms with Crippen molar-refractivity contribution >= 4 is 5.91 Å². The predicted octanol–water partition coefficient (Wildman–Crippen LogP) is 1.31. The summed E-state index contributed by atoms with van der Waals surface area (Å²) in [6, 6.07) is 2.52. The van der Waals surface area contributed by atoms with Gasteiger partial charge in [0.25, 0.3) is 0 Å². The average molecular weight is 251 g/mol. The number of carbonyl (C=O) groups excluding carboxylic acids is 1. The van der Waals surface area contributed by atoms with Gasteiger partial charge in [0, 0.05) is 25.9 Å². The van der Waals surface area contributed by atoms with Gasteiger partial charge in [0.2, 0.25) is 5.91 Å². The molecule has 2 rings (SSSR count). The van der Waals surface area contributed by atoms with Gasteiger partial charge in [-0.05, 0) is 32.8 Å². The zero-order valence-corrected chi connectivity index (χ0v) is 11.3. The number of hydrogen-bond donors (Lipinski definition) is 0. The Morgan fingerprint density at radius 2 is 2.11 bits per heavy atom. The lowest BCUT2D eigenvalue weighted by Crippen LogP contribution is -2.41. The topological polar surface area (TPSA) is 47.4 Å². The molecule has 0 radical (unpaired) electrons. The first-order valence-electron chi connectivity index (χ1n) is 6.41. The number of amides is 1. The van der Waals surface area contributed by atoms with E-state index >= 15 is 0 Å². The summed E-state index contributed by atoms with van der Waals surface area (Å²) in [5.41, 5.74) is 2.26. The molecule has 1 aromatic heterocycles. The first-order chi connectivity index (χ1) is 8.61. The number of piperidine rings is 1. The Morgan fingerprint density at radius 3 is 2.61 bits per heavy atom. The highest BCUT2D eigenvalue weighted by molar-refractivity contribution is 5.77. The van der Waals surface area contributed by atoms with Crippen molar-refractivity contribution in [2.75, 3.05) is 26.8 Å². The van der Waals surface area contributed by atoms with Crippen LogP contribution in [0.25, 0.3) is 0 Å². The van der Waals surface area contributed by atoms with E-state index < -0.39 is 0 Å². The van der Waals surface area contributed by atoms with E-state index in [1.165, 1.54) is 5.69 Å². The normalized spacial score (nSPS) is 17.2. The zero-order chi connectivity index (χ0) is 13.1. The van der Waals surface area contributed by atoms with Crippen LogP contribution in [0.5, 0.6) is 0 Å². The molecule has 1 aromatic rings. The smallest absolute Gasteiger partial charge is 0.248 e. The van der Waals surface area contributed by atoms with E-state index in [0.29, 0.717) is 6.04 Å². The molecule has 1 aliphatic rings. The van der Waals surface area contributed by atoms with Crippen LogP contribution in [0.3, 0.4) is 0 Å².